The number of rotatable bonds is 2. The minimum atomic E-state index is -4.01. The van der Waals surface area contributed by atoms with Crippen LogP contribution in [0.3, 0.4) is 0 Å². The summed E-state index contributed by atoms with van der Waals surface area (Å²) in [4.78, 5) is 0. The Morgan fingerprint density at radius 2 is 1.78 bits per heavy atom. The fourth-order valence-electron chi connectivity index (χ4n) is 0.267. The van der Waals surface area contributed by atoms with Gasteiger partial charge in [-0.3, -0.25) is 0 Å². The zero-order valence-corrected chi connectivity index (χ0v) is 5.77. The summed E-state index contributed by atoms with van der Waals surface area (Å²) >= 11 is 0. The van der Waals surface area contributed by atoms with E-state index in [1.54, 1.807) is 0 Å². The fraction of sp³-hybridized carbons (Fsp3) is 1.00. The van der Waals surface area contributed by atoms with Crippen LogP contribution in [0.15, 0.2) is 0 Å². The van der Waals surface area contributed by atoms with Gasteiger partial charge in [0.2, 0.25) is 0 Å². The van der Waals surface area contributed by atoms with Crippen LogP contribution in [0.25, 0.3) is 0 Å². The maximum Gasteiger partial charge on any atom is 0.390 e. The van der Waals surface area contributed by atoms with E-state index >= 15 is 0 Å². The van der Waals surface area contributed by atoms with E-state index in [0.717, 1.165) is 0 Å². The molecule has 0 aliphatic carbocycles. The van der Waals surface area contributed by atoms with Crippen LogP contribution in [-0.2, 0) is 0 Å². The van der Waals surface area contributed by atoms with E-state index in [9.17, 15) is 13.2 Å². The Balaban J connectivity index is 0. The summed E-state index contributed by atoms with van der Waals surface area (Å²) in [5, 5.41) is 2.40. The summed E-state index contributed by atoms with van der Waals surface area (Å²) in [5.41, 5.74) is 0. The first-order valence-electron chi connectivity index (χ1n) is 2.27. The van der Waals surface area contributed by atoms with Crippen LogP contribution in [0.2, 0.25) is 0 Å². The molecule has 0 aromatic rings. The van der Waals surface area contributed by atoms with Crippen molar-refractivity contribution in [2.45, 2.75) is 12.6 Å². The van der Waals surface area contributed by atoms with E-state index in [1.165, 1.54) is 7.05 Å². The average Bonchev–Trinajstić information content (AvgIpc) is 1.59. The van der Waals surface area contributed by atoms with Crippen molar-refractivity contribution in [3.05, 3.63) is 0 Å². The summed E-state index contributed by atoms with van der Waals surface area (Å²) < 4.78 is 33.6. The highest BCUT2D eigenvalue weighted by atomic mass is 35.5. The van der Waals surface area contributed by atoms with Gasteiger partial charge in [0.05, 0.1) is 6.42 Å². The Labute approximate surface area is 58.0 Å². The van der Waals surface area contributed by atoms with E-state index in [1.807, 2.05) is 0 Å². The van der Waals surface area contributed by atoms with Gasteiger partial charge in [0.1, 0.15) is 0 Å². The Bertz CT molecular complexity index is 63.3. The number of halogens is 4. The molecular formula is C4H9ClF3N. The topological polar surface area (TPSA) is 12.0 Å². The molecule has 58 valence electrons. The molecule has 5 heteroatoms. The van der Waals surface area contributed by atoms with Gasteiger partial charge < -0.3 is 5.32 Å². The summed E-state index contributed by atoms with van der Waals surface area (Å²) in [6.07, 6.45) is -4.76. The van der Waals surface area contributed by atoms with E-state index < -0.39 is 12.6 Å². The van der Waals surface area contributed by atoms with Gasteiger partial charge in [0.25, 0.3) is 0 Å². The lowest BCUT2D eigenvalue weighted by atomic mass is 10.4. The SMILES string of the molecule is CNCCC(F)(F)F.Cl. The van der Waals surface area contributed by atoms with Crippen molar-refractivity contribution in [2.75, 3.05) is 13.6 Å². The smallest absolute Gasteiger partial charge is 0.319 e. The number of hydrogen-bond donors (Lipinski definition) is 1. The molecule has 0 amide bonds. The summed E-state index contributed by atoms with van der Waals surface area (Å²) in [5.74, 6) is 0. The van der Waals surface area contributed by atoms with Crippen molar-refractivity contribution in [3.63, 3.8) is 0 Å². The molecule has 0 aliphatic heterocycles. The lowest BCUT2D eigenvalue weighted by molar-refractivity contribution is -0.133. The van der Waals surface area contributed by atoms with Crippen molar-refractivity contribution in [1.29, 1.82) is 0 Å². The van der Waals surface area contributed by atoms with Crippen molar-refractivity contribution >= 4 is 12.4 Å². The highest BCUT2D eigenvalue weighted by molar-refractivity contribution is 5.85. The third kappa shape index (κ3) is 11.5. The number of hydrogen-bond acceptors (Lipinski definition) is 1. The van der Waals surface area contributed by atoms with Crippen LogP contribution in [0.4, 0.5) is 13.2 Å². The molecule has 9 heavy (non-hydrogen) atoms. The molecule has 0 saturated carbocycles. The molecule has 0 fully saturated rings. The Hall–Kier alpha value is 0.0400. The first-order chi connectivity index (χ1) is 3.56. The van der Waals surface area contributed by atoms with E-state index in [-0.39, 0.29) is 19.0 Å². The van der Waals surface area contributed by atoms with Gasteiger partial charge in [0.15, 0.2) is 0 Å². The Morgan fingerprint density at radius 3 is 1.89 bits per heavy atom. The lowest BCUT2D eigenvalue weighted by Crippen LogP contribution is -2.17. The minimum Gasteiger partial charge on any atom is -0.319 e. The molecule has 0 bridgehead atoms. The zero-order chi connectivity index (χ0) is 6.62. The van der Waals surface area contributed by atoms with Gasteiger partial charge in [-0.2, -0.15) is 13.2 Å². The quantitative estimate of drug-likeness (QED) is 0.652. The van der Waals surface area contributed by atoms with E-state index in [0.29, 0.717) is 0 Å². The minimum absolute atomic E-state index is 0. The zero-order valence-electron chi connectivity index (χ0n) is 4.96. The molecule has 0 saturated heterocycles. The van der Waals surface area contributed by atoms with Gasteiger partial charge in [-0.1, -0.05) is 0 Å². The second-order valence-corrected chi connectivity index (χ2v) is 1.47. The molecule has 0 spiro atoms. The van der Waals surface area contributed by atoms with Crippen LogP contribution in [-0.4, -0.2) is 19.8 Å². The van der Waals surface area contributed by atoms with Crippen LogP contribution < -0.4 is 5.32 Å². The monoisotopic (exact) mass is 163 g/mol. The maximum atomic E-state index is 11.2. The normalized spacial score (nSPS) is 10.7. The first kappa shape index (κ1) is 11.8. The fourth-order valence-corrected chi connectivity index (χ4v) is 0.267. The molecule has 0 aromatic heterocycles. The third-order valence-electron chi connectivity index (χ3n) is 0.658. The average molecular weight is 164 g/mol. The highest BCUT2D eigenvalue weighted by Gasteiger charge is 2.25. The molecule has 0 atom stereocenters. The second-order valence-electron chi connectivity index (χ2n) is 1.47. The molecule has 0 heterocycles. The summed E-state index contributed by atoms with van der Waals surface area (Å²) in [7, 11) is 1.49. The molecular weight excluding hydrogens is 154 g/mol. The Morgan fingerprint density at radius 1 is 1.33 bits per heavy atom. The van der Waals surface area contributed by atoms with Gasteiger partial charge in [-0.15, -0.1) is 12.4 Å². The highest BCUT2D eigenvalue weighted by Crippen LogP contribution is 2.17. The van der Waals surface area contributed by atoms with E-state index in [4.69, 9.17) is 0 Å². The maximum absolute atomic E-state index is 11.2. The molecule has 0 aromatic carbocycles. The molecule has 1 N–H and O–H groups in total. The van der Waals surface area contributed by atoms with Crippen molar-refractivity contribution in [1.82, 2.24) is 5.32 Å². The molecule has 0 aliphatic rings. The van der Waals surface area contributed by atoms with Gasteiger partial charge in [-0.25, -0.2) is 0 Å². The molecule has 1 nitrogen and oxygen atoms in total. The standard InChI is InChI=1S/C4H8F3N.ClH/c1-8-3-2-4(5,6)7;/h8H,2-3H2,1H3;1H. The predicted octanol–water partition coefficient (Wildman–Crippen LogP) is 1.58. The van der Waals surface area contributed by atoms with Crippen molar-refractivity contribution < 1.29 is 13.2 Å². The van der Waals surface area contributed by atoms with Crippen LogP contribution in [0.5, 0.6) is 0 Å². The molecule has 0 unspecified atom stereocenters. The van der Waals surface area contributed by atoms with E-state index in [2.05, 4.69) is 5.32 Å². The van der Waals surface area contributed by atoms with Crippen molar-refractivity contribution in [3.8, 4) is 0 Å². The van der Waals surface area contributed by atoms with Gasteiger partial charge >= 0.3 is 6.18 Å². The summed E-state index contributed by atoms with van der Waals surface area (Å²) in [6, 6.07) is 0. The van der Waals surface area contributed by atoms with Crippen LogP contribution in [0, 0.1) is 0 Å². The molecule has 0 radical (unpaired) electrons. The predicted molar refractivity (Wildman–Crippen MR) is 31.8 cm³/mol. The lowest BCUT2D eigenvalue weighted by Gasteiger charge is -2.03. The van der Waals surface area contributed by atoms with Crippen LogP contribution >= 0.6 is 12.4 Å². The van der Waals surface area contributed by atoms with Gasteiger partial charge in [-0.05, 0) is 7.05 Å². The second kappa shape index (κ2) is 4.88. The largest absolute Gasteiger partial charge is 0.390 e. The van der Waals surface area contributed by atoms with Crippen LogP contribution in [0.1, 0.15) is 6.42 Å². The first-order valence-corrected chi connectivity index (χ1v) is 2.27. The Kier molecular flexibility index (Phi) is 6.39. The van der Waals surface area contributed by atoms with Gasteiger partial charge in [0, 0.05) is 6.54 Å². The number of alkyl halides is 3. The molecule has 0 rings (SSSR count). The van der Waals surface area contributed by atoms with Crippen molar-refractivity contribution in [2.24, 2.45) is 0 Å². The number of nitrogens with one attached hydrogen (secondary N) is 1. The summed E-state index contributed by atoms with van der Waals surface area (Å²) in [6.45, 7) is 0.00347. The third-order valence-corrected chi connectivity index (χ3v) is 0.658.